The van der Waals surface area contributed by atoms with Gasteiger partial charge in [0.2, 0.25) is 5.75 Å². The van der Waals surface area contributed by atoms with Gasteiger partial charge in [-0.2, -0.15) is 12.4 Å². The van der Waals surface area contributed by atoms with Crippen LogP contribution in [0.3, 0.4) is 0 Å². The van der Waals surface area contributed by atoms with Crippen molar-refractivity contribution in [2.75, 3.05) is 13.7 Å². The fraction of sp³-hybridized carbons (Fsp3) is 0.550. The fourth-order valence-corrected chi connectivity index (χ4v) is 9.71. The van der Waals surface area contributed by atoms with Crippen LogP contribution in [0.25, 0.3) is 0 Å². The average molecular weight is 673 g/mol. The molecular weight excluding hydrogens is 622 g/mol. The van der Waals surface area contributed by atoms with Crippen molar-refractivity contribution in [3.63, 3.8) is 0 Å². The molecule has 1 aromatic heterocycles. The van der Waals surface area contributed by atoms with Crippen molar-refractivity contribution < 1.29 is 40.1 Å². The molecule has 1 aliphatic heterocycles. The topological polar surface area (TPSA) is 154 Å². The van der Waals surface area contributed by atoms with E-state index in [2.05, 4.69) is 17.1 Å². The van der Waals surface area contributed by atoms with E-state index in [1.807, 2.05) is 12.1 Å². The minimum Gasteiger partial charge on any atom is -0.670 e. The molecule has 3 fully saturated rings. The molecule has 1 saturated heterocycles. The zero-order valence-electron chi connectivity index (χ0n) is 28.3. The average Bonchev–Trinajstić information content (AvgIpc) is 3.85. The second kappa shape index (κ2) is 14.4. The molecule has 2 heterocycles. The molecule has 2 aromatic carbocycles. The third-order valence-electron chi connectivity index (χ3n) is 12.3. The Labute approximate surface area is 288 Å². The van der Waals surface area contributed by atoms with E-state index in [-0.39, 0.29) is 53.9 Å². The van der Waals surface area contributed by atoms with E-state index < -0.39 is 30.3 Å². The summed E-state index contributed by atoms with van der Waals surface area (Å²) < 4.78 is 12.4. The number of hydrogen-bond donors (Lipinski definition) is 6. The van der Waals surface area contributed by atoms with Gasteiger partial charge in [0.05, 0.1) is 38.6 Å². The van der Waals surface area contributed by atoms with Crippen LogP contribution in [0.1, 0.15) is 116 Å². The molecular formula is C40H50NO8-. The van der Waals surface area contributed by atoms with Crippen molar-refractivity contribution in [2.24, 2.45) is 17.8 Å². The van der Waals surface area contributed by atoms with Gasteiger partial charge < -0.3 is 45.1 Å². The lowest BCUT2D eigenvalue weighted by molar-refractivity contribution is -0.154. The van der Waals surface area contributed by atoms with Crippen LogP contribution in [0.5, 0.6) is 23.0 Å². The molecule has 7 atom stereocenters. The molecule has 0 radical (unpaired) electrons. The molecule has 7 rings (SSSR count). The van der Waals surface area contributed by atoms with E-state index in [0.717, 1.165) is 47.9 Å². The Morgan fingerprint density at radius 2 is 1.71 bits per heavy atom. The number of hydrogen-bond acceptors (Lipinski definition) is 8. The van der Waals surface area contributed by atoms with Crippen molar-refractivity contribution in [1.29, 1.82) is 0 Å². The van der Waals surface area contributed by atoms with E-state index in [4.69, 9.17) is 9.47 Å². The van der Waals surface area contributed by atoms with Crippen molar-refractivity contribution >= 4 is 0 Å². The molecule has 0 unspecified atom stereocenters. The number of allylic oxidation sites excluding steroid dienone is 1. The minimum absolute atomic E-state index is 0.0101. The highest BCUT2D eigenvalue weighted by atomic mass is 16.5. The number of rotatable bonds is 9. The second-order valence-electron chi connectivity index (χ2n) is 14.8. The number of ether oxygens (including phenoxy) is 2. The molecule has 3 aliphatic carbocycles. The number of aliphatic hydroxyl groups excluding tert-OH is 3. The number of aromatic nitrogens is 1. The first-order valence-electron chi connectivity index (χ1n) is 18.1. The van der Waals surface area contributed by atoms with Crippen LogP contribution in [0.2, 0.25) is 0 Å². The lowest BCUT2D eigenvalue weighted by atomic mass is 9.70. The standard InChI is InChI=1S/C40H50NO8/c1-48-40-31(14-22-12-13-41-19-22)37(32(21-43)38(46)39(40)47)36-18-34(45)28-10-8-26(17-35(28)49-36)25-9-11-33(44)30(16-25)29-15-24(6-7-27(29)20-42)23-4-2-3-5-23/h7,9,11-13,16,19,23-24,26,28-29,34-36,42-47H,2-6,8,10,14-15,17-18,20-21H2,1H3/q-1/t24-,26+,28-,29-,34+,35+,36+/m1/s1. The third-order valence-corrected chi connectivity index (χ3v) is 12.3. The highest BCUT2D eigenvalue weighted by molar-refractivity contribution is 5.64. The number of methoxy groups -OCH3 is 1. The van der Waals surface area contributed by atoms with Crippen LogP contribution in [-0.4, -0.2) is 56.6 Å². The van der Waals surface area contributed by atoms with Gasteiger partial charge in [-0.25, -0.2) is 0 Å². The van der Waals surface area contributed by atoms with Crippen molar-refractivity contribution in [3.05, 3.63) is 81.7 Å². The normalized spacial score (nSPS) is 29.1. The predicted molar refractivity (Wildman–Crippen MR) is 184 cm³/mol. The van der Waals surface area contributed by atoms with Crippen molar-refractivity contribution in [3.8, 4) is 23.0 Å². The van der Waals surface area contributed by atoms with E-state index in [1.165, 1.54) is 32.8 Å². The quantitative estimate of drug-likeness (QED) is 0.115. The minimum atomic E-state index is -0.658. The number of benzene rings is 2. The summed E-state index contributed by atoms with van der Waals surface area (Å²) in [6.45, 7) is -0.537. The number of aliphatic hydroxyl groups is 3. The molecule has 264 valence electrons. The van der Waals surface area contributed by atoms with Gasteiger partial charge >= 0.3 is 0 Å². The lowest BCUT2D eigenvalue weighted by Gasteiger charge is -2.46. The Hall–Kier alpha value is -3.50. The monoisotopic (exact) mass is 672 g/mol. The maximum absolute atomic E-state index is 11.5. The molecule has 49 heavy (non-hydrogen) atoms. The number of phenols is 3. The molecule has 9 nitrogen and oxygen atoms in total. The Bertz CT molecular complexity index is 1640. The van der Waals surface area contributed by atoms with Gasteiger partial charge in [0.1, 0.15) is 5.75 Å². The van der Waals surface area contributed by atoms with Crippen molar-refractivity contribution in [1.82, 2.24) is 4.98 Å². The summed E-state index contributed by atoms with van der Waals surface area (Å²) in [6, 6.07) is 7.80. The summed E-state index contributed by atoms with van der Waals surface area (Å²) in [6.07, 6.45) is 14.0. The van der Waals surface area contributed by atoms with Crippen LogP contribution in [0, 0.1) is 17.8 Å². The van der Waals surface area contributed by atoms with Crippen molar-refractivity contribution in [2.45, 2.75) is 107 Å². The molecule has 3 aromatic rings. The van der Waals surface area contributed by atoms with Gasteiger partial charge in [-0.3, -0.25) is 0 Å². The first-order chi connectivity index (χ1) is 23.8. The SMILES string of the molecule is COc1c(O)c(O)c(CO)c([C@@H]2C[C@H](O)[C@H]3CC[C@H](c4ccc(O)c([C@@H]5C[C@H](C6CCCC6)CC=C5CO)c4)C[C@@H]3O2)c1Cc1cc[n-]c1. The molecule has 4 aliphatic rings. The lowest BCUT2D eigenvalue weighted by Crippen LogP contribution is -2.44. The maximum atomic E-state index is 11.5. The van der Waals surface area contributed by atoms with Crippen LogP contribution in [0.4, 0.5) is 0 Å². The number of fused-ring (bicyclic) bond motifs is 1. The molecule has 0 bridgehead atoms. The van der Waals surface area contributed by atoms with Gasteiger partial charge in [0.25, 0.3) is 0 Å². The molecule has 2 saturated carbocycles. The highest BCUT2D eigenvalue weighted by Crippen LogP contribution is 2.53. The molecule has 0 amide bonds. The Balaban J connectivity index is 1.17. The van der Waals surface area contributed by atoms with Gasteiger partial charge in [-0.1, -0.05) is 55.5 Å². The van der Waals surface area contributed by atoms with Crippen LogP contribution in [-0.2, 0) is 17.8 Å². The summed E-state index contributed by atoms with van der Waals surface area (Å²) in [5, 5.41) is 65.2. The fourth-order valence-electron chi connectivity index (χ4n) is 9.71. The smallest absolute Gasteiger partial charge is 0.201 e. The zero-order chi connectivity index (χ0) is 34.2. The first-order valence-corrected chi connectivity index (χ1v) is 18.1. The number of aromatic hydroxyl groups is 3. The number of nitrogens with zero attached hydrogens (tertiary/aromatic N) is 1. The van der Waals surface area contributed by atoms with Gasteiger partial charge in [-0.15, -0.1) is 0 Å². The van der Waals surface area contributed by atoms with E-state index in [0.29, 0.717) is 35.8 Å². The van der Waals surface area contributed by atoms with Gasteiger partial charge in [-0.05, 0) is 79.0 Å². The van der Waals surface area contributed by atoms with Gasteiger partial charge in [0, 0.05) is 34.9 Å². The Kier molecular flexibility index (Phi) is 9.98. The maximum Gasteiger partial charge on any atom is 0.201 e. The zero-order valence-corrected chi connectivity index (χ0v) is 28.3. The summed E-state index contributed by atoms with van der Waals surface area (Å²) in [4.78, 5) is 4.17. The Morgan fingerprint density at radius 3 is 2.43 bits per heavy atom. The largest absolute Gasteiger partial charge is 0.670 e. The second-order valence-corrected chi connectivity index (χ2v) is 14.8. The van der Waals surface area contributed by atoms with E-state index in [9.17, 15) is 30.6 Å². The van der Waals surface area contributed by atoms with E-state index in [1.54, 1.807) is 18.5 Å². The van der Waals surface area contributed by atoms with Crippen LogP contribution < -0.4 is 9.72 Å². The van der Waals surface area contributed by atoms with Crippen LogP contribution in [0.15, 0.2) is 48.3 Å². The van der Waals surface area contributed by atoms with Crippen LogP contribution >= 0.6 is 0 Å². The third kappa shape index (κ3) is 6.47. The summed E-state index contributed by atoms with van der Waals surface area (Å²) in [5.74, 6) is 0.829. The van der Waals surface area contributed by atoms with Gasteiger partial charge in [0.15, 0.2) is 11.5 Å². The summed E-state index contributed by atoms with van der Waals surface area (Å²) in [7, 11) is 1.43. The summed E-state index contributed by atoms with van der Waals surface area (Å²) >= 11 is 0. The molecule has 0 spiro atoms. The molecule has 6 N–H and O–H groups in total. The molecule has 9 heteroatoms. The summed E-state index contributed by atoms with van der Waals surface area (Å²) in [5.41, 5.74) is 5.14. The number of phenolic OH excluding ortho intramolecular Hbond substituents is 2. The predicted octanol–water partition coefficient (Wildman–Crippen LogP) is 6.23. The first kappa shape index (κ1) is 34.0. The highest BCUT2D eigenvalue weighted by Gasteiger charge is 2.44. The van der Waals surface area contributed by atoms with E-state index >= 15 is 0 Å². The Morgan fingerprint density at radius 1 is 0.898 bits per heavy atom.